The summed E-state index contributed by atoms with van der Waals surface area (Å²) in [7, 11) is -0.184. The summed E-state index contributed by atoms with van der Waals surface area (Å²) in [6, 6.07) is 9.04. The molecule has 7 heteroatoms. The van der Waals surface area contributed by atoms with E-state index in [1.54, 1.807) is 24.3 Å². The maximum absolute atomic E-state index is 12.8. The fourth-order valence-electron chi connectivity index (χ4n) is 1.83. The van der Waals surface area contributed by atoms with E-state index in [2.05, 4.69) is 4.98 Å². The molecule has 0 saturated heterocycles. The van der Waals surface area contributed by atoms with Gasteiger partial charge in [-0.1, -0.05) is 29.7 Å². The summed E-state index contributed by atoms with van der Waals surface area (Å²) in [5.74, 6) is 0. The lowest BCUT2D eigenvalue weighted by Gasteiger charge is -2.11. The van der Waals surface area contributed by atoms with Crippen molar-refractivity contribution in [3.05, 3.63) is 47.7 Å². The van der Waals surface area contributed by atoms with Crippen molar-refractivity contribution >= 4 is 12.9 Å². The third kappa shape index (κ3) is 3.18. The standard InChI is InChI=1S/C13H12BF3N2O/c15-13(16,17)12-5-8(7-18)4-11(19-12)9-2-1-3-10(6-9)14-20/h1-6,14,20H,7,18H2. The molecule has 0 aliphatic carbocycles. The monoisotopic (exact) mass is 280 g/mol. The van der Waals surface area contributed by atoms with Gasteiger partial charge < -0.3 is 10.8 Å². The smallest absolute Gasteiger partial charge is 0.433 e. The Balaban J connectivity index is 2.55. The molecule has 20 heavy (non-hydrogen) atoms. The predicted octanol–water partition coefficient (Wildman–Crippen LogP) is 1.20. The topological polar surface area (TPSA) is 59.1 Å². The van der Waals surface area contributed by atoms with Crippen LogP contribution < -0.4 is 11.2 Å². The lowest BCUT2D eigenvalue weighted by molar-refractivity contribution is -0.141. The zero-order valence-corrected chi connectivity index (χ0v) is 10.5. The van der Waals surface area contributed by atoms with Crippen molar-refractivity contribution in [1.29, 1.82) is 0 Å². The summed E-state index contributed by atoms with van der Waals surface area (Å²) in [5.41, 5.74) is 6.13. The molecule has 0 atom stereocenters. The molecule has 0 aliphatic rings. The fourth-order valence-corrected chi connectivity index (χ4v) is 1.83. The van der Waals surface area contributed by atoms with Gasteiger partial charge in [0.1, 0.15) is 5.69 Å². The molecule has 3 N–H and O–H groups in total. The Morgan fingerprint density at radius 1 is 1.20 bits per heavy atom. The van der Waals surface area contributed by atoms with Crippen molar-refractivity contribution in [2.24, 2.45) is 5.73 Å². The number of nitrogens with two attached hydrogens (primary N) is 1. The molecule has 3 nitrogen and oxygen atoms in total. The first-order valence-electron chi connectivity index (χ1n) is 5.92. The van der Waals surface area contributed by atoms with Gasteiger partial charge in [0, 0.05) is 6.54 Å². The normalized spacial score (nSPS) is 11.4. The average molecular weight is 280 g/mol. The zero-order valence-electron chi connectivity index (χ0n) is 10.5. The van der Waals surface area contributed by atoms with Crippen molar-refractivity contribution in [2.75, 3.05) is 0 Å². The molecule has 0 aliphatic heterocycles. The van der Waals surface area contributed by atoms with Crippen LogP contribution in [0.1, 0.15) is 11.3 Å². The van der Waals surface area contributed by atoms with Crippen LogP contribution in [0, 0.1) is 0 Å². The van der Waals surface area contributed by atoms with E-state index in [1.807, 2.05) is 0 Å². The molecule has 0 saturated carbocycles. The van der Waals surface area contributed by atoms with E-state index >= 15 is 0 Å². The zero-order chi connectivity index (χ0) is 14.8. The van der Waals surface area contributed by atoms with E-state index in [9.17, 15) is 13.2 Å². The minimum atomic E-state index is -4.52. The summed E-state index contributed by atoms with van der Waals surface area (Å²) in [4.78, 5) is 3.64. The van der Waals surface area contributed by atoms with E-state index in [0.29, 0.717) is 16.6 Å². The Kier molecular flexibility index (Phi) is 4.10. The van der Waals surface area contributed by atoms with Crippen LogP contribution in [0.4, 0.5) is 13.2 Å². The van der Waals surface area contributed by atoms with Gasteiger partial charge >= 0.3 is 13.7 Å². The van der Waals surface area contributed by atoms with Gasteiger partial charge in [0.25, 0.3) is 0 Å². The lowest BCUT2D eigenvalue weighted by Crippen LogP contribution is -2.14. The van der Waals surface area contributed by atoms with Gasteiger partial charge in [-0.05, 0) is 23.3 Å². The van der Waals surface area contributed by atoms with Gasteiger partial charge in [0.15, 0.2) is 0 Å². The second-order valence-corrected chi connectivity index (χ2v) is 4.31. The Bertz CT molecular complexity index is 617. The molecule has 0 bridgehead atoms. The van der Waals surface area contributed by atoms with Gasteiger partial charge in [-0.2, -0.15) is 13.2 Å². The van der Waals surface area contributed by atoms with Crippen molar-refractivity contribution in [3.63, 3.8) is 0 Å². The van der Waals surface area contributed by atoms with Crippen LogP contribution in [0.25, 0.3) is 11.3 Å². The minimum Gasteiger partial charge on any atom is -0.449 e. The number of hydrogen-bond donors (Lipinski definition) is 2. The third-order valence-electron chi connectivity index (χ3n) is 2.82. The molecule has 2 rings (SSSR count). The van der Waals surface area contributed by atoms with Crippen LogP contribution in [-0.4, -0.2) is 17.5 Å². The molecule has 0 radical (unpaired) electrons. The summed E-state index contributed by atoms with van der Waals surface area (Å²) in [5, 5.41) is 9.07. The highest BCUT2D eigenvalue weighted by Crippen LogP contribution is 2.30. The Hall–Kier alpha value is -1.86. The first kappa shape index (κ1) is 14.6. The Morgan fingerprint density at radius 2 is 1.95 bits per heavy atom. The van der Waals surface area contributed by atoms with E-state index in [4.69, 9.17) is 10.8 Å². The number of benzene rings is 1. The summed E-state index contributed by atoms with van der Waals surface area (Å²) in [6.07, 6.45) is -4.52. The maximum Gasteiger partial charge on any atom is 0.433 e. The fraction of sp³-hybridized carbons (Fsp3) is 0.154. The number of rotatable bonds is 3. The number of halogens is 3. The van der Waals surface area contributed by atoms with Gasteiger partial charge in [0.05, 0.1) is 5.69 Å². The van der Waals surface area contributed by atoms with Crippen LogP contribution in [0.3, 0.4) is 0 Å². The van der Waals surface area contributed by atoms with Gasteiger partial charge in [-0.25, -0.2) is 4.98 Å². The number of hydrogen-bond acceptors (Lipinski definition) is 3. The molecule has 0 fully saturated rings. The molecule has 1 aromatic heterocycles. The third-order valence-corrected chi connectivity index (χ3v) is 2.82. The van der Waals surface area contributed by atoms with Crippen LogP contribution in [0.2, 0.25) is 0 Å². The summed E-state index contributed by atoms with van der Waals surface area (Å²) >= 11 is 0. The van der Waals surface area contributed by atoms with Crippen LogP contribution >= 0.6 is 0 Å². The predicted molar refractivity (Wildman–Crippen MR) is 71.6 cm³/mol. The molecule has 2 aromatic rings. The van der Waals surface area contributed by atoms with E-state index in [0.717, 1.165) is 6.07 Å². The Labute approximate surface area is 114 Å². The SMILES string of the molecule is NCc1cc(-c2cccc(BO)c2)nc(C(F)(F)F)c1. The largest absolute Gasteiger partial charge is 0.449 e. The quantitative estimate of drug-likeness (QED) is 0.830. The Morgan fingerprint density at radius 3 is 2.55 bits per heavy atom. The molecule has 0 amide bonds. The molecule has 0 unspecified atom stereocenters. The second-order valence-electron chi connectivity index (χ2n) is 4.31. The highest BCUT2D eigenvalue weighted by Gasteiger charge is 2.33. The number of pyridine rings is 1. The van der Waals surface area contributed by atoms with Gasteiger partial charge in [-0.3, -0.25) is 0 Å². The van der Waals surface area contributed by atoms with Crippen molar-refractivity contribution < 1.29 is 18.2 Å². The molecule has 1 heterocycles. The van der Waals surface area contributed by atoms with Crippen LogP contribution in [0.5, 0.6) is 0 Å². The molecule has 0 spiro atoms. The summed E-state index contributed by atoms with van der Waals surface area (Å²) < 4.78 is 38.4. The van der Waals surface area contributed by atoms with Crippen LogP contribution in [-0.2, 0) is 12.7 Å². The van der Waals surface area contributed by atoms with Crippen molar-refractivity contribution in [3.8, 4) is 11.3 Å². The van der Waals surface area contributed by atoms with Crippen LogP contribution in [0.15, 0.2) is 36.4 Å². The molecular formula is C13H12BF3N2O. The van der Waals surface area contributed by atoms with Gasteiger partial charge in [-0.15, -0.1) is 0 Å². The molecular weight excluding hydrogens is 268 g/mol. The van der Waals surface area contributed by atoms with Crippen molar-refractivity contribution in [1.82, 2.24) is 4.98 Å². The molecule has 1 aromatic carbocycles. The first-order chi connectivity index (χ1) is 9.44. The number of nitrogens with zero attached hydrogens (tertiary/aromatic N) is 1. The highest BCUT2D eigenvalue weighted by molar-refractivity contribution is 6.45. The lowest BCUT2D eigenvalue weighted by atomic mass is 9.87. The number of aromatic nitrogens is 1. The highest BCUT2D eigenvalue weighted by atomic mass is 19.4. The van der Waals surface area contributed by atoms with E-state index < -0.39 is 11.9 Å². The molecule has 104 valence electrons. The van der Waals surface area contributed by atoms with Crippen molar-refractivity contribution in [2.45, 2.75) is 12.7 Å². The summed E-state index contributed by atoms with van der Waals surface area (Å²) in [6.45, 7) is -0.00170. The first-order valence-corrected chi connectivity index (χ1v) is 5.92. The van der Waals surface area contributed by atoms with E-state index in [-0.39, 0.29) is 19.7 Å². The average Bonchev–Trinajstić information content (AvgIpc) is 2.46. The maximum atomic E-state index is 12.8. The minimum absolute atomic E-state index is 0.00170. The number of alkyl halides is 3. The van der Waals surface area contributed by atoms with Gasteiger partial charge in [0.2, 0.25) is 0 Å². The second kappa shape index (κ2) is 5.64. The van der Waals surface area contributed by atoms with E-state index in [1.165, 1.54) is 6.07 Å².